The normalized spacial score (nSPS) is 15.3. The van der Waals surface area contributed by atoms with Gasteiger partial charge in [-0.15, -0.1) is 0 Å². The van der Waals surface area contributed by atoms with E-state index >= 15 is 0 Å². The van der Waals surface area contributed by atoms with Crippen molar-refractivity contribution in [3.8, 4) is 0 Å². The number of allylic oxidation sites excluding steroid dienone is 1. The van der Waals surface area contributed by atoms with Crippen LogP contribution in [0.4, 0.5) is 3.89 Å². The maximum absolute atomic E-state index is 11.4. The molecule has 0 amide bonds. The molecule has 42 valence electrons. The average molecular weight is 120 g/mol. The van der Waals surface area contributed by atoms with E-state index in [1.807, 2.05) is 26.0 Å². The van der Waals surface area contributed by atoms with Gasteiger partial charge in [-0.25, -0.2) is 0 Å². The lowest BCUT2D eigenvalue weighted by Gasteiger charge is -1.90. The Morgan fingerprint density at radius 3 is 2.43 bits per heavy atom. The molecule has 0 aliphatic rings. The van der Waals surface area contributed by atoms with Gasteiger partial charge < -0.3 is 0 Å². The molecule has 1 atom stereocenters. The quantitative estimate of drug-likeness (QED) is 0.505. The standard InChI is InChI=1S/C5H9FS/c1-3-4-5(2)7-6/h3-5H,1-2H3. The molecule has 0 aliphatic heterocycles. The van der Waals surface area contributed by atoms with E-state index < -0.39 is 0 Å². The minimum Gasteiger partial charge on any atom is -0.165 e. The summed E-state index contributed by atoms with van der Waals surface area (Å²) in [5.41, 5.74) is 0. The summed E-state index contributed by atoms with van der Waals surface area (Å²) in [6.45, 7) is 3.69. The van der Waals surface area contributed by atoms with E-state index in [0.29, 0.717) is 12.1 Å². The molecule has 0 saturated heterocycles. The van der Waals surface area contributed by atoms with Crippen LogP contribution in [-0.4, -0.2) is 5.25 Å². The Kier molecular flexibility index (Phi) is 4.20. The van der Waals surface area contributed by atoms with Crippen LogP contribution >= 0.6 is 12.1 Å². The topological polar surface area (TPSA) is 0 Å². The Labute approximate surface area is 48.1 Å². The summed E-state index contributed by atoms with van der Waals surface area (Å²) < 4.78 is 11.4. The molecule has 0 saturated carbocycles. The smallest absolute Gasteiger partial charge is 0.0516 e. The van der Waals surface area contributed by atoms with Crippen molar-refractivity contribution in [1.82, 2.24) is 0 Å². The molecule has 0 aliphatic carbocycles. The second kappa shape index (κ2) is 4.19. The van der Waals surface area contributed by atoms with Crippen LogP contribution in [0.2, 0.25) is 0 Å². The summed E-state index contributed by atoms with van der Waals surface area (Å²) in [5, 5.41) is 0.0185. The van der Waals surface area contributed by atoms with E-state index in [1.165, 1.54) is 0 Å². The van der Waals surface area contributed by atoms with Crippen LogP contribution in [0.1, 0.15) is 13.8 Å². The van der Waals surface area contributed by atoms with E-state index in [1.54, 1.807) is 0 Å². The van der Waals surface area contributed by atoms with Crippen molar-refractivity contribution in [2.24, 2.45) is 0 Å². The molecule has 7 heavy (non-hydrogen) atoms. The van der Waals surface area contributed by atoms with Gasteiger partial charge >= 0.3 is 0 Å². The fourth-order valence-electron chi connectivity index (χ4n) is 0.301. The molecular formula is C5H9FS. The minimum atomic E-state index is 0.0185. The van der Waals surface area contributed by atoms with Crippen LogP contribution in [0.5, 0.6) is 0 Å². The average Bonchev–Trinajstić information content (AvgIpc) is 1.68. The molecule has 0 bridgehead atoms. The van der Waals surface area contributed by atoms with Crippen LogP contribution in [0.25, 0.3) is 0 Å². The molecule has 0 rings (SSSR count). The SMILES string of the molecule is CC=CC(C)SF. The number of rotatable bonds is 2. The molecule has 0 fully saturated rings. The fraction of sp³-hybridized carbons (Fsp3) is 0.600. The highest BCUT2D eigenvalue weighted by Gasteiger charge is 1.91. The minimum absolute atomic E-state index is 0.0185. The first-order valence-corrected chi connectivity index (χ1v) is 2.99. The Morgan fingerprint density at radius 1 is 1.71 bits per heavy atom. The van der Waals surface area contributed by atoms with Gasteiger partial charge in [0.1, 0.15) is 0 Å². The fourth-order valence-corrected chi connectivity index (χ4v) is 0.517. The zero-order valence-corrected chi connectivity index (χ0v) is 5.33. The van der Waals surface area contributed by atoms with E-state index in [4.69, 9.17) is 0 Å². The van der Waals surface area contributed by atoms with Crippen LogP contribution in [-0.2, 0) is 0 Å². The number of hydrogen-bond acceptors (Lipinski definition) is 1. The molecule has 0 aromatic heterocycles. The highest BCUT2D eigenvalue weighted by Crippen LogP contribution is 2.10. The Bertz CT molecular complexity index is 61.1. The van der Waals surface area contributed by atoms with Crippen LogP contribution in [0, 0.1) is 0 Å². The lowest BCUT2D eigenvalue weighted by molar-refractivity contribution is 0.921. The largest absolute Gasteiger partial charge is 0.165 e. The molecule has 0 aromatic carbocycles. The van der Waals surface area contributed by atoms with Gasteiger partial charge in [0.05, 0.1) is 17.4 Å². The van der Waals surface area contributed by atoms with Gasteiger partial charge in [-0.1, -0.05) is 12.2 Å². The number of hydrogen-bond donors (Lipinski definition) is 0. The van der Waals surface area contributed by atoms with Gasteiger partial charge in [-0.3, -0.25) is 0 Å². The van der Waals surface area contributed by atoms with Crippen LogP contribution in [0.3, 0.4) is 0 Å². The predicted molar refractivity (Wildman–Crippen MR) is 33.0 cm³/mol. The van der Waals surface area contributed by atoms with Crippen molar-refractivity contribution < 1.29 is 3.89 Å². The van der Waals surface area contributed by atoms with Gasteiger partial charge in [0.25, 0.3) is 0 Å². The number of halogens is 1. The first-order valence-electron chi connectivity index (χ1n) is 2.21. The first kappa shape index (κ1) is 7.02. The van der Waals surface area contributed by atoms with Crippen LogP contribution < -0.4 is 0 Å². The maximum atomic E-state index is 11.4. The van der Waals surface area contributed by atoms with Crippen LogP contribution in [0.15, 0.2) is 12.2 Å². The summed E-state index contributed by atoms with van der Waals surface area (Å²) >= 11 is 0.363. The van der Waals surface area contributed by atoms with Crippen molar-refractivity contribution in [3.05, 3.63) is 12.2 Å². The summed E-state index contributed by atoms with van der Waals surface area (Å²) in [4.78, 5) is 0. The van der Waals surface area contributed by atoms with Crippen molar-refractivity contribution in [1.29, 1.82) is 0 Å². The summed E-state index contributed by atoms with van der Waals surface area (Å²) in [6, 6.07) is 0. The van der Waals surface area contributed by atoms with Gasteiger partial charge in [-0.2, -0.15) is 3.89 Å². The van der Waals surface area contributed by atoms with Gasteiger partial charge in [0.2, 0.25) is 0 Å². The van der Waals surface area contributed by atoms with Gasteiger partial charge in [0, 0.05) is 0 Å². The van der Waals surface area contributed by atoms with Crippen molar-refractivity contribution in [3.63, 3.8) is 0 Å². The Morgan fingerprint density at radius 2 is 2.29 bits per heavy atom. The molecule has 0 aromatic rings. The van der Waals surface area contributed by atoms with Gasteiger partial charge in [0.15, 0.2) is 0 Å². The molecule has 0 nitrogen and oxygen atoms in total. The maximum Gasteiger partial charge on any atom is 0.0516 e. The summed E-state index contributed by atoms with van der Waals surface area (Å²) in [7, 11) is 0. The van der Waals surface area contributed by atoms with E-state index in [9.17, 15) is 3.89 Å². The predicted octanol–water partition coefficient (Wildman–Crippen LogP) is 2.57. The molecule has 2 heteroatoms. The lowest BCUT2D eigenvalue weighted by atomic mass is 10.4. The first-order chi connectivity index (χ1) is 3.31. The van der Waals surface area contributed by atoms with Crippen molar-refractivity contribution in [2.45, 2.75) is 19.1 Å². The van der Waals surface area contributed by atoms with E-state index in [-0.39, 0.29) is 5.25 Å². The van der Waals surface area contributed by atoms with Crippen molar-refractivity contribution in [2.75, 3.05) is 0 Å². The zero-order chi connectivity index (χ0) is 5.70. The molecule has 0 spiro atoms. The molecular weight excluding hydrogens is 111 g/mol. The van der Waals surface area contributed by atoms with E-state index in [2.05, 4.69) is 0 Å². The lowest BCUT2D eigenvalue weighted by Crippen LogP contribution is -1.82. The second-order valence-electron chi connectivity index (χ2n) is 1.32. The molecule has 1 unspecified atom stereocenters. The van der Waals surface area contributed by atoms with Gasteiger partial charge in [-0.05, 0) is 13.8 Å². The summed E-state index contributed by atoms with van der Waals surface area (Å²) in [5.74, 6) is 0. The van der Waals surface area contributed by atoms with Crippen molar-refractivity contribution >= 4 is 12.1 Å². The Hall–Kier alpha value is 0.0200. The molecule has 0 heterocycles. The monoisotopic (exact) mass is 120 g/mol. The molecule has 0 radical (unpaired) electrons. The summed E-state index contributed by atoms with van der Waals surface area (Å²) in [6.07, 6.45) is 3.65. The third kappa shape index (κ3) is 3.86. The zero-order valence-electron chi connectivity index (χ0n) is 4.52. The highest BCUT2D eigenvalue weighted by molar-refractivity contribution is 7.95. The third-order valence-electron chi connectivity index (χ3n) is 0.604. The Balaban J connectivity index is 3.16. The molecule has 0 N–H and O–H groups in total. The highest BCUT2D eigenvalue weighted by atomic mass is 32.2. The van der Waals surface area contributed by atoms with E-state index in [0.717, 1.165) is 0 Å². The second-order valence-corrected chi connectivity index (χ2v) is 2.24. The third-order valence-corrected chi connectivity index (χ3v) is 1.04.